The number of hydrogen-bond acceptors (Lipinski definition) is 5. The van der Waals surface area contributed by atoms with E-state index < -0.39 is 0 Å². The van der Waals surface area contributed by atoms with Crippen LogP contribution in [0.5, 0.6) is 5.75 Å². The van der Waals surface area contributed by atoms with Gasteiger partial charge in [0.1, 0.15) is 6.33 Å². The van der Waals surface area contributed by atoms with Crippen molar-refractivity contribution < 1.29 is 4.74 Å². The zero-order chi connectivity index (χ0) is 14.5. The molecule has 0 aliphatic carbocycles. The first-order chi connectivity index (χ1) is 9.65. The average Bonchev–Trinajstić information content (AvgIpc) is 2.42. The van der Waals surface area contributed by atoms with Crippen LogP contribution in [0.3, 0.4) is 0 Å². The second-order valence-electron chi connectivity index (χ2n) is 3.88. The third-order valence-corrected chi connectivity index (χ3v) is 3.66. The summed E-state index contributed by atoms with van der Waals surface area (Å²) in [6, 6.07) is 5.60. The fourth-order valence-corrected chi connectivity index (χ4v) is 2.67. The number of halogens is 2. The van der Waals surface area contributed by atoms with Gasteiger partial charge in [0.05, 0.1) is 12.8 Å². The van der Waals surface area contributed by atoms with Crippen molar-refractivity contribution in [2.24, 2.45) is 0 Å². The topological polar surface area (TPSA) is 59.1 Å². The van der Waals surface area contributed by atoms with Gasteiger partial charge in [-0.3, -0.25) is 0 Å². The Morgan fingerprint density at radius 1 is 1.30 bits per heavy atom. The third-order valence-electron chi connectivity index (χ3n) is 2.54. The molecular formula is C13H14ClIN4O. The average molecular weight is 405 g/mol. The largest absolute Gasteiger partial charge is 0.490 e. The van der Waals surface area contributed by atoms with Gasteiger partial charge in [0, 0.05) is 15.1 Å². The number of benzene rings is 1. The van der Waals surface area contributed by atoms with Gasteiger partial charge in [0.15, 0.2) is 11.6 Å². The van der Waals surface area contributed by atoms with E-state index >= 15 is 0 Å². The fraction of sp³-hybridized carbons (Fsp3) is 0.231. The van der Waals surface area contributed by atoms with E-state index in [2.05, 4.69) is 43.2 Å². The maximum absolute atomic E-state index is 5.95. The number of hydrogen-bond donors (Lipinski definition) is 2. The van der Waals surface area contributed by atoms with Gasteiger partial charge in [0.25, 0.3) is 0 Å². The summed E-state index contributed by atoms with van der Waals surface area (Å²) in [5, 5.41) is 7.07. The zero-order valence-electron chi connectivity index (χ0n) is 11.1. The highest BCUT2D eigenvalue weighted by Gasteiger charge is 2.12. The Morgan fingerprint density at radius 2 is 2.05 bits per heavy atom. The van der Waals surface area contributed by atoms with Crippen molar-refractivity contribution in [1.29, 1.82) is 0 Å². The number of nitrogens with zero attached hydrogens (tertiary/aromatic N) is 2. The Hall–Kier alpha value is -1.28. The summed E-state index contributed by atoms with van der Waals surface area (Å²) in [4.78, 5) is 8.40. The van der Waals surface area contributed by atoms with Crippen LogP contribution in [0.15, 0.2) is 24.5 Å². The molecule has 7 heteroatoms. The molecule has 2 rings (SSSR count). The van der Waals surface area contributed by atoms with E-state index in [9.17, 15) is 0 Å². The molecule has 0 aliphatic rings. The van der Waals surface area contributed by atoms with Crippen LogP contribution in [0.25, 0.3) is 0 Å². The van der Waals surface area contributed by atoms with Crippen LogP contribution in [-0.2, 0) is 0 Å². The Morgan fingerprint density at radius 3 is 2.70 bits per heavy atom. The lowest BCUT2D eigenvalue weighted by molar-refractivity contribution is 0.415. The number of aromatic nitrogens is 2. The van der Waals surface area contributed by atoms with Crippen LogP contribution in [0, 0.1) is 3.57 Å². The van der Waals surface area contributed by atoms with Crippen LogP contribution in [0.2, 0.25) is 5.02 Å². The van der Waals surface area contributed by atoms with Crippen LogP contribution in [0.4, 0.5) is 17.3 Å². The number of ether oxygens (including phenoxy) is 1. The molecule has 0 amide bonds. The molecule has 0 saturated carbocycles. The SMILES string of the molecule is CCNc1ncnc(Nc2ccc(Cl)cc2I)c1OC. The molecule has 0 bridgehead atoms. The minimum Gasteiger partial charge on any atom is -0.490 e. The second kappa shape index (κ2) is 6.94. The van der Waals surface area contributed by atoms with E-state index in [0.29, 0.717) is 22.4 Å². The minimum atomic E-state index is 0.583. The van der Waals surface area contributed by atoms with E-state index in [1.54, 1.807) is 7.11 Å². The maximum atomic E-state index is 5.95. The minimum absolute atomic E-state index is 0.583. The molecule has 0 fully saturated rings. The Balaban J connectivity index is 2.35. The highest BCUT2D eigenvalue weighted by Crippen LogP contribution is 2.33. The van der Waals surface area contributed by atoms with E-state index in [0.717, 1.165) is 15.8 Å². The molecule has 1 aromatic heterocycles. The van der Waals surface area contributed by atoms with Gasteiger partial charge >= 0.3 is 0 Å². The van der Waals surface area contributed by atoms with Gasteiger partial charge in [-0.2, -0.15) is 0 Å². The summed E-state index contributed by atoms with van der Waals surface area (Å²) in [5.74, 6) is 1.86. The molecule has 2 aromatic rings. The maximum Gasteiger partial charge on any atom is 0.204 e. The molecule has 0 radical (unpaired) electrons. The highest BCUT2D eigenvalue weighted by atomic mass is 127. The summed E-state index contributed by atoms with van der Waals surface area (Å²) in [6.07, 6.45) is 1.49. The number of methoxy groups -OCH3 is 1. The van der Waals surface area contributed by atoms with Crippen molar-refractivity contribution in [3.8, 4) is 5.75 Å². The van der Waals surface area contributed by atoms with Gasteiger partial charge in [0.2, 0.25) is 5.75 Å². The van der Waals surface area contributed by atoms with Crippen LogP contribution in [0.1, 0.15) is 6.92 Å². The molecule has 0 atom stereocenters. The van der Waals surface area contributed by atoms with Crippen LogP contribution >= 0.6 is 34.2 Å². The summed E-state index contributed by atoms with van der Waals surface area (Å²) in [7, 11) is 1.59. The molecule has 5 nitrogen and oxygen atoms in total. The van der Waals surface area contributed by atoms with Gasteiger partial charge < -0.3 is 15.4 Å². The number of anilines is 3. The van der Waals surface area contributed by atoms with Crippen molar-refractivity contribution in [2.75, 3.05) is 24.3 Å². The lowest BCUT2D eigenvalue weighted by atomic mass is 10.3. The van der Waals surface area contributed by atoms with Gasteiger partial charge in [-0.05, 0) is 47.7 Å². The van der Waals surface area contributed by atoms with E-state index in [1.807, 2.05) is 25.1 Å². The standard InChI is InChI=1S/C13H14ClIN4O/c1-3-16-12-11(20-2)13(18-7-17-12)19-10-5-4-8(14)6-9(10)15/h4-7H,3H2,1-2H3,(H2,16,17,18,19). The van der Waals surface area contributed by atoms with Gasteiger partial charge in [-0.1, -0.05) is 11.6 Å². The molecule has 1 aromatic carbocycles. The molecule has 106 valence electrons. The summed E-state index contributed by atoms with van der Waals surface area (Å²) >= 11 is 8.17. The van der Waals surface area contributed by atoms with Gasteiger partial charge in [-0.25, -0.2) is 9.97 Å². The summed E-state index contributed by atoms with van der Waals surface area (Å²) in [5.41, 5.74) is 0.912. The summed E-state index contributed by atoms with van der Waals surface area (Å²) < 4.78 is 6.39. The predicted molar refractivity (Wildman–Crippen MR) is 90.2 cm³/mol. The van der Waals surface area contributed by atoms with Crippen molar-refractivity contribution in [3.63, 3.8) is 0 Å². The number of rotatable bonds is 5. The van der Waals surface area contributed by atoms with E-state index in [-0.39, 0.29) is 0 Å². The van der Waals surface area contributed by atoms with E-state index in [4.69, 9.17) is 16.3 Å². The molecule has 0 saturated heterocycles. The van der Waals surface area contributed by atoms with Crippen LogP contribution < -0.4 is 15.4 Å². The normalized spacial score (nSPS) is 10.2. The van der Waals surface area contributed by atoms with Crippen molar-refractivity contribution >= 4 is 51.5 Å². The molecule has 0 spiro atoms. The van der Waals surface area contributed by atoms with Crippen LogP contribution in [-0.4, -0.2) is 23.6 Å². The first-order valence-electron chi connectivity index (χ1n) is 6.00. The van der Waals surface area contributed by atoms with Crippen molar-refractivity contribution in [2.45, 2.75) is 6.92 Å². The Bertz CT molecular complexity index is 609. The highest BCUT2D eigenvalue weighted by molar-refractivity contribution is 14.1. The smallest absolute Gasteiger partial charge is 0.204 e. The lowest BCUT2D eigenvalue weighted by Crippen LogP contribution is -2.06. The molecular weight excluding hydrogens is 391 g/mol. The second-order valence-corrected chi connectivity index (χ2v) is 5.48. The van der Waals surface area contributed by atoms with E-state index in [1.165, 1.54) is 6.33 Å². The quantitative estimate of drug-likeness (QED) is 0.740. The molecule has 1 heterocycles. The molecule has 0 aliphatic heterocycles. The summed E-state index contributed by atoms with van der Waals surface area (Å²) in [6.45, 7) is 2.75. The molecule has 20 heavy (non-hydrogen) atoms. The first-order valence-corrected chi connectivity index (χ1v) is 7.46. The molecule has 2 N–H and O–H groups in total. The van der Waals surface area contributed by atoms with Crippen molar-refractivity contribution in [1.82, 2.24) is 9.97 Å². The van der Waals surface area contributed by atoms with Crippen molar-refractivity contribution in [3.05, 3.63) is 33.1 Å². The predicted octanol–water partition coefficient (Wildman–Crippen LogP) is 3.92. The third kappa shape index (κ3) is 3.43. The lowest BCUT2D eigenvalue weighted by Gasteiger charge is -2.14. The fourth-order valence-electron chi connectivity index (χ4n) is 1.67. The number of nitrogens with one attached hydrogen (secondary N) is 2. The zero-order valence-corrected chi connectivity index (χ0v) is 14.0. The monoisotopic (exact) mass is 404 g/mol. The first kappa shape index (κ1) is 15.1. The van der Waals surface area contributed by atoms with Gasteiger partial charge in [-0.15, -0.1) is 0 Å². The molecule has 0 unspecified atom stereocenters. The Labute approximate surface area is 136 Å². The Kier molecular flexibility index (Phi) is 5.24.